The van der Waals surface area contributed by atoms with Crippen LogP contribution in [0.3, 0.4) is 0 Å². The number of aryl methyl sites for hydroxylation is 2. The normalized spacial score (nSPS) is 15.3. The van der Waals surface area contributed by atoms with E-state index in [4.69, 9.17) is 11.3 Å². The SMILES string of the molecule is [2H]C([2H])([2H])c1ccc2c(n1)oc1c(-c3cc(C(C)(C)C([2H])([2H])c4ccc(C)cc4)ccn3)cccc12. The molecule has 3 aromatic heterocycles. The summed E-state index contributed by atoms with van der Waals surface area (Å²) < 4.78 is 47.0. The highest BCUT2D eigenvalue weighted by Gasteiger charge is 2.23. The minimum atomic E-state index is -2.33. The summed E-state index contributed by atoms with van der Waals surface area (Å²) in [4.78, 5) is 8.82. The molecular weight excluding hydrogens is 380 g/mol. The second-order valence-corrected chi connectivity index (χ2v) is 8.38. The number of hydrogen-bond donors (Lipinski definition) is 0. The highest BCUT2D eigenvalue weighted by molar-refractivity contribution is 6.08. The highest BCUT2D eigenvalue weighted by atomic mass is 16.3. The second kappa shape index (κ2) is 7.35. The van der Waals surface area contributed by atoms with Crippen molar-refractivity contribution in [3.63, 3.8) is 0 Å². The van der Waals surface area contributed by atoms with Crippen molar-refractivity contribution in [2.24, 2.45) is 0 Å². The Balaban J connectivity index is 1.62. The van der Waals surface area contributed by atoms with E-state index in [0.29, 0.717) is 16.8 Å². The third-order valence-corrected chi connectivity index (χ3v) is 5.63. The number of nitrogens with zero attached hydrogens (tertiary/aromatic N) is 2. The van der Waals surface area contributed by atoms with Crippen LogP contribution < -0.4 is 0 Å². The Labute approximate surface area is 189 Å². The van der Waals surface area contributed by atoms with Crippen LogP contribution in [0, 0.1) is 13.8 Å². The lowest BCUT2D eigenvalue weighted by atomic mass is 9.79. The van der Waals surface area contributed by atoms with Gasteiger partial charge in [0.2, 0.25) is 5.71 Å². The maximum atomic E-state index is 9.00. The summed E-state index contributed by atoms with van der Waals surface area (Å²) in [5.74, 6) is 0. The van der Waals surface area contributed by atoms with Crippen molar-refractivity contribution in [3.05, 3.63) is 95.3 Å². The summed E-state index contributed by atoms with van der Waals surface area (Å²) in [6.45, 7) is 3.45. The van der Waals surface area contributed by atoms with E-state index >= 15 is 0 Å². The van der Waals surface area contributed by atoms with Crippen LogP contribution in [0.2, 0.25) is 0 Å². The number of fused-ring (bicyclic) bond motifs is 3. The molecule has 0 bridgehead atoms. The topological polar surface area (TPSA) is 38.9 Å². The molecule has 3 heteroatoms. The van der Waals surface area contributed by atoms with Crippen molar-refractivity contribution in [3.8, 4) is 11.3 Å². The highest BCUT2D eigenvalue weighted by Crippen LogP contribution is 2.36. The molecule has 0 atom stereocenters. The summed E-state index contributed by atoms with van der Waals surface area (Å²) in [6.07, 6.45) is 0.0460. The van der Waals surface area contributed by atoms with E-state index in [1.165, 1.54) is 6.07 Å². The summed E-state index contributed by atoms with van der Waals surface area (Å²) in [7, 11) is 0. The van der Waals surface area contributed by atoms with Crippen molar-refractivity contribution >= 4 is 22.1 Å². The molecular formula is C28H26N2O. The van der Waals surface area contributed by atoms with Crippen molar-refractivity contribution in [1.29, 1.82) is 0 Å². The summed E-state index contributed by atoms with van der Waals surface area (Å²) in [5, 5.41) is 1.54. The lowest BCUT2D eigenvalue weighted by molar-refractivity contribution is 0.522. The number of aromatic nitrogens is 2. The van der Waals surface area contributed by atoms with E-state index in [-0.39, 0.29) is 11.4 Å². The van der Waals surface area contributed by atoms with Gasteiger partial charge in [0.15, 0.2) is 0 Å². The molecule has 0 aliphatic heterocycles. The fourth-order valence-corrected chi connectivity index (χ4v) is 3.92. The van der Waals surface area contributed by atoms with Crippen LogP contribution in [0.5, 0.6) is 0 Å². The second-order valence-electron chi connectivity index (χ2n) is 8.38. The third kappa shape index (κ3) is 3.61. The number of hydrogen-bond acceptors (Lipinski definition) is 3. The smallest absolute Gasteiger partial charge is 0.227 e. The summed E-state index contributed by atoms with van der Waals surface area (Å²) >= 11 is 0. The number of rotatable bonds is 4. The van der Waals surface area contributed by atoms with E-state index in [1.807, 2.05) is 75.4 Å². The van der Waals surface area contributed by atoms with E-state index in [2.05, 4.69) is 9.97 Å². The molecule has 0 spiro atoms. The van der Waals surface area contributed by atoms with Crippen LogP contribution in [0.15, 0.2) is 77.3 Å². The van der Waals surface area contributed by atoms with Gasteiger partial charge in [0.05, 0.1) is 5.69 Å². The zero-order chi connectivity index (χ0) is 25.9. The quantitative estimate of drug-likeness (QED) is 0.314. The molecule has 5 aromatic rings. The van der Waals surface area contributed by atoms with Crippen molar-refractivity contribution in [1.82, 2.24) is 9.97 Å². The first-order chi connectivity index (χ1) is 16.9. The Hall–Kier alpha value is -3.46. The third-order valence-electron chi connectivity index (χ3n) is 5.63. The van der Waals surface area contributed by atoms with Crippen molar-refractivity contribution in [2.45, 2.75) is 39.4 Å². The van der Waals surface area contributed by atoms with Crippen LogP contribution in [-0.4, -0.2) is 9.97 Å². The minimum Gasteiger partial charge on any atom is -0.437 e. The average Bonchev–Trinajstić information content (AvgIpc) is 3.22. The molecule has 3 heterocycles. The maximum Gasteiger partial charge on any atom is 0.227 e. The Kier molecular flexibility index (Phi) is 3.44. The summed E-state index contributed by atoms with van der Waals surface area (Å²) in [6, 6.07) is 20.2. The molecule has 3 nitrogen and oxygen atoms in total. The zero-order valence-electron chi connectivity index (χ0n) is 22.7. The van der Waals surface area contributed by atoms with Crippen LogP contribution in [-0.2, 0) is 11.8 Å². The summed E-state index contributed by atoms with van der Waals surface area (Å²) in [5.41, 5.74) is 3.81. The molecule has 0 fully saturated rings. The molecule has 2 aromatic carbocycles. The van der Waals surface area contributed by atoms with Gasteiger partial charge in [-0.2, -0.15) is 0 Å². The number of para-hydroxylation sites is 1. The largest absolute Gasteiger partial charge is 0.437 e. The van der Waals surface area contributed by atoms with E-state index < -0.39 is 18.6 Å². The van der Waals surface area contributed by atoms with Crippen molar-refractivity contribution in [2.75, 3.05) is 0 Å². The van der Waals surface area contributed by atoms with Crippen LogP contribution >= 0.6 is 0 Å². The molecule has 0 amide bonds. The molecule has 31 heavy (non-hydrogen) atoms. The van der Waals surface area contributed by atoms with Gasteiger partial charge < -0.3 is 4.42 Å². The van der Waals surface area contributed by atoms with Gasteiger partial charge in [0.1, 0.15) is 5.58 Å². The Bertz CT molecular complexity index is 1580. The van der Waals surface area contributed by atoms with E-state index in [1.54, 1.807) is 12.3 Å². The molecule has 0 N–H and O–H groups in total. The Morgan fingerprint density at radius 1 is 1.00 bits per heavy atom. The lowest BCUT2D eigenvalue weighted by Crippen LogP contribution is -2.20. The van der Waals surface area contributed by atoms with Crippen molar-refractivity contribution < 1.29 is 11.3 Å². The minimum absolute atomic E-state index is 0.0178. The monoisotopic (exact) mass is 411 g/mol. The number of pyridine rings is 2. The first-order valence-electron chi connectivity index (χ1n) is 12.8. The maximum absolute atomic E-state index is 9.00. The van der Waals surface area contributed by atoms with Crippen LogP contribution in [0.25, 0.3) is 33.3 Å². The first kappa shape index (κ1) is 14.5. The molecule has 0 saturated heterocycles. The van der Waals surface area contributed by atoms with Gasteiger partial charge in [-0.3, -0.25) is 4.98 Å². The van der Waals surface area contributed by atoms with Gasteiger partial charge in [0, 0.05) is 35.1 Å². The van der Waals surface area contributed by atoms with Gasteiger partial charge in [-0.25, -0.2) is 4.98 Å². The van der Waals surface area contributed by atoms with E-state index in [9.17, 15) is 0 Å². The molecule has 0 saturated carbocycles. The standard InChI is InChI=1S/C28H26N2O/c1-18-8-11-20(12-9-18)17-28(3,4)21-14-15-29-25(16-21)24-7-5-6-22-23-13-10-19(2)30-27(23)31-26(22)24/h5-16H,17H2,1-4H3/i2D3,17D2. The molecule has 154 valence electrons. The number of furan rings is 1. The molecule has 0 aliphatic carbocycles. The van der Waals surface area contributed by atoms with Crippen LogP contribution in [0.1, 0.15) is 43.1 Å². The molecule has 5 rings (SSSR count). The molecule has 0 unspecified atom stereocenters. The fourth-order valence-electron chi connectivity index (χ4n) is 3.92. The number of benzene rings is 2. The van der Waals surface area contributed by atoms with Gasteiger partial charge in [0.25, 0.3) is 0 Å². The van der Waals surface area contributed by atoms with Gasteiger partial charge in [-0.15, -0.1) is 0 Å². The van der Waals surface area contributed by atoms with Crippen LogP contribution in [0.4, 0.5) is 0 Å². The van der Waals surface area contributed by atoms with E-state index in [0.717, 1.165) is 27.5 Å². The first-order valence-corrected chi connectivity index (χ1v) is 10.3. The predicted molar refractivity (Wildman–Crippen MR) is 127 cm³/mol. The van der Waals surface area contributed by atoms with Gasteiger partial charge in [-0.05, 0) is 67.0 Å². The Morgan fingerprint density at radius 2 is 1.84 bits per heavy atom. The molecule has 0 radical (unpaired) electrons. The van der Waals surface area contributed by atoms with Gasteiger partial charge in [-0.1, -0.05) is 55.8 Å². The molecule has 0 aliphatic rings. The average molecular weight is 412 g/mol. The Morgan fingerprint density at radius 3 is 2.65 bits per heavy atom. The fraction of sp³-hybridized carbons (Fsp3) is 0.214. The lowest BCUT2D eigenvalue weighted by Gasteiger charge is -2.26. The van der Waals surface area contributed by atoms with Gasteiger partial charge >= 0.3 is 0 Å². The predicted octanol–water partition coefficient (Wildman–Crippen LogP) is 7.18. The zero-order valence-corrected chi connectivity index (χ0v) is 17.7.